The number of phenolic OH excluding ortho intramolecular Hbond substituents is 1. The van der Waals surface area contributed by atoms with Gasteiger partial charge in [0.2, 0.25) is 0 Å². The van der Waals surface area contributed by atoms with Crippen molar-refractivity contribution < 1.29 is 14.7 Å². The molecule has 124 valence electrons. The molecule has 0 heterocycles. The van der Waals surface area contributed by atoms with Crippen molar-refractivity contribution >= 4 is 24.2 Å². The Bertz CT molecular complexity index is 992. The molecule has 25 heavy (non-hydrogen) atoms. The van der Waals surface area contributed by atoms with Gasteiger partial charge >= 0.3 is 0 Å². The number of carbonyl (C=O) groups is 2. The molecule has 2 aromatic rings. The van der Waals surface area contributed by atoms with Crippen molar-refractivity contribution in [3.05, 3.63) is 88.5 Å². The smallest absolute Gasteiger partial charge is 0.198 e. The molecular formula is C20H15NO3S. The Morgan fingerprint density at radius 3 is 2.24 bits per heavy atom. The van der Waals surface area contributed by atoms with Crippen LogP contribution < -0.4 is 5.73 Å². The summed E-state index contributed by atoms with van der Waals surface area (Å²) in [7, 11) is 0. The third-order valence-electron chi connectivity index (χ3n) is 4.79. The zero-order chi connectivity index (χ0) is 17.8. The Balaban J connectivity index is 2.03. The molecule has 2 aromatic carbocycles. The monoisotopic (exact) mass is 349 g/mol. The fourth-order valence-corrected chi connectivity index (χ4v) is 3.78. The summed E-state index contributed by atoms with van der Waals surface area (Å²) < 4.78 is 0. The van der Waals surface area contributed by atoms with Crippen LogP contribution in [0.3, 0.4) is 0 Å². The van der Waals surface area contributed by atoms with Crippen LogP contribution in [-0.4, -0.2) is 21.9 Å². The highest BCUT2D eigenvalue weighted by Crippen LogP contribution is 2.41. The first-order valence-corrected chi connectivity index (χ1v) is 8.34. The number of allylic oxidation sites excluding steroid dienone is 2. The van der Waals surface area contributed by atoms with Gasteiger partial charge in [0.15, 0.2) is 11.6 Å². The van der Waals surface area contributed by atoms with Gasteiger partial charge in [0, 0.05) is 21.9 Å². The fraction of sp³-hybridized carbons (Fsp3) is 0.100. The molecule has 0 bridgehead atoms. The lowest BCUT2D eigenvalue weighted by Crippen LogP contribution is -2.45. The molecule has 2 atom stereocenters. The van der Waals surface area contributed by atoms with E-state index in [4.69, 9.17) is 5.73 Å². The van der Waals surface area contributed by atoms with Crippen molar-refractivity contribution in [1.82, 2.24) is 0 Å². The van der Waals surface area contributed by atoms with Crippen LogP contribution in [0, 0.1) is 0 Å². The van der Waals surface area contributed by atoms with Gasteiger partial charge < -0.3 is 10.8 Å². The van der Waals surface area contributed by atoms with Crippen molar-refractivity contribution in [3.63, 3.8) is 0 Å². The molecule has 4 rings (SSSR count). The quantitative estimate of drug-likeness (QED) is 0.590. The van der Waals surface area contributed by atoms with Crippen LogP contribution >= 0.6 is 12.6 Å². The van der Waals surface area contributed by atoms with Gasteiger partial charge in [-0.25, -0.2) is 0 Å². The van der Waals surface area contributed by atoms with E-state index in [1.807, 2.05) is 12.2 Å². The van der Waals surface area contributed by atoms with E-state index in [9.17, 15) is 14.7 Å². The van der Waals surface area contributed by atoms with E-state index in [0.29, 0.717) is 16.7 Å². The van der Waals surface area contributed by atoms with E-state index in [0.717, 1.165) is 0 Å². The van der Waals surface area contributed by atoms with E-state index in [2.05, 4.69) is 12.6 Å². The number of thiol groups is 1. The van der Waals surface area contributed by atoms with Crippen LogP contribution in [0.2, 0.25) is 0 Å². The summed E-state index contributed by atoms with van der Waals surface area (Å²) in [5.74, 6) is -0.912. The van der Waals surface area contributed by atoms with Crippen molar-refractivity contribution in [3.8, 4) is 5.75 Å². The topological polar surface area (TPSA) is 80.4 Å². The number of benzene rings is 2. The summed E-state index contributed by atoms with van der Waals surface area (Å²) in [4.78, 5) is 26.0. The lowest BCUT2D eigenvalue weighted by Gasteiger charge is -2.35. The maximum absolute atomic E-state index is 13.1. The zero-order valence-electron chi connectivity index (χ0n) is 13.1. The van der Waals surface area contributed by atoms with Crippen molar-refractivity contribution in [1.29, 1.82) is 0 Å². The average Bonchev–Trinajstić information content (AvgIpc) is 2.62. The standard InChI is InChI=1S/C20H15NO3S/c21-20(10-4-3-7-15(20)25)13-8-9-14(22)17-16(13)18(23)11-5-1-2-6-12(11)19(17)24/h1-10,15,22,25H,21H2. The molecule has 0 aromatic heterocycles. The lowest BCUT2D eigenvalue weighted by atomic mass is 9.74. The van der Waals surface area contributed by atoms with Crippen LogP contribution in [0.1, 0.15) is 37.4 Å². The Kier molecular flexibility index (Phi) is 3.45. The second kappa shape index (κ2) is 5.44. The largest absolute Gasteiger partial charge is 0.507 e. The summed E-state index contributed by atoms with van der Waals surface area (Å²) in [5.41, 5.74) is 6.77. The van der Waals surface area contributed by atoms with Gasteiger partial charge in [0.25, 0.3) is 0 Å². The van der Waals surface area contributed by atoms with Crippen LogP contribution in [0.4, 0.5) is 0 Å². The molecule has 0 fully saturated rings. The zero-order valence-corrected chi connectivity index (χ0v) is 14.0. The molecule has 0 radical (unpaired) electrons. The molecule has 3 N–H and O–H groups in total. The van der Waals surface area contributed by atoms with E-state index in [-0.39, 0.29) is 33.7 Å². The number of rotatable bonds is 1. The minimum Gasteiger partial charge on any atom is -0.507 e. The Labute approximate surface area is 150 Å². The van der Waals surface area contributed by atoms with Gasteiger partial charge in [-0.1, -0.05) is 54.6 Å². The second-order valence-electron chi connectivity index (χ2n) is 6.21. The van der Waals surface area contributed by atoms with Crippen LogP contribution in [0.5, 0.6) is 5.75 Å². The molecular weight excluding hydrogens is 334 g/mol. The third-order valence-corrected chi connectivity index (χ3v) is 5.39. The van der Waals surface area contributed by atoms with E-state index >= 15 is 0 Å². The predicted octanol–water partition coefficient (Wildman–Crippen LogP) is 2.75. The van der Waals surface area contributed by atoms with Crippen molar-refractivity contribution in [2.24, 2.45) is 5.73 Å². The van der Waals surface area contributed by atoms with Crippen molar-refractivity contribution in [2.45, 2.75) is 10.8 Å². The van der Waals surface area contributed by atoms with Crippen LogP contribution in [0.15, 0.2) is 60.7 Å². The van der Waals surface area contributed by atoms with E-state index < -0.39 is 5.54 Å². The first kappa shape index (κ1) is 15.9. The normalized spacial score (nSPS) is 24.2. The average molecular weight is 349 g/mol. The van der Waals surface area contributed by atoms with E-state index in [1.165, 1.54) is 6.07 Å². The molecule has 0 amide bonds. The predicted molar refractivity (Wildman–Crippen MR) is 98.3 cm³/mol. The molecule has 2 unspecified atom stereocenters. The molecule has 0 spiro atoms. The molecule has 2 aliphatic carbocycles. The van der Waals surface area contributed by atoms with Crippen LogP contribution in [0.25, 0.3) is 0 Å². The second-order valence-corrected chi connectivity index (χ2v) is 6.76. The summed E-state index contributed by atoms with van der Waals surface area (Å²) in [6, 6.07) is 9.62. The summed E-state index contributed by atoms with van der Waals surface area (Å²) in [5, 5.41) is 9.91. The third kappa shape index (κ3) is 2.13. The first-order valence-electron chi connectivity index (χ1n) is 7.83. The summed E-state index contributed by atoms with van der Waals surface area (Å²) >= 11 is 4.53. The SMILES string of the molecule is NC1(c2ccc(O)c3c2C(=O)c2ccccc2C3=O)C=CC=CC1S. The molecule has 0 saturated carbocycles. The Hall–Kier alpha value is -2.63. The van der Waals surface area contributed by atoms with Gasteiger partial charge in [-0.05, 0) is 11.6 Å². The summed E-state index contributed by atoms with van der Waals surface area (Å²) in [6.45, 7) is 0. The number of ketones is 2. The molecule has 4 nitrogen and oxygen atoms in total. The molecule has 5 heteroatoms. The number of phenols is 1. The van der Waals surface area contributed by atoms with Gasteiger partial charge in [0.05, 0.1) is 11.1 Å². The Morgan fingerprint density at radius 2 is 1.60 bits per heavy atom. The number of hydrogen-bond acceptors (Lipinski definition) is 5. The molecule has 0 aliphatic heterocycles. The number of nitrogens with two attached hydrogens (primary N) is 1. The maximum Gasteiger partial charge on any atom is 0.198 e. The van der Waals surface area contributed by atoms with Gasteiger partial charge in [-0.2, -0.15) is 12.6 Å². The highest BCUT2D eigenvalue weighted by Gasteiger charge is 2.41. The number of hydrogen-bond donors (Lipinski definition) is 3. The van der Waals surface area contributed by atoms with Gasteiger partial charge in [0.1, 0.15) is 5.75 Å². The first-order chi connectivity index (χ1) is 11.9. The molecule has 2 aliphatic rings. The highest BCUT2D eigenvalue weighted by molar-refractivity contribution is 7.81. The van der Waals surface area contributed by atoms with Crippen LogP contribution in [-0.2, 0) is 5.54 Å². The number of aromatic hydroxyl groups is 1. The molecule has 0 saturated heterocycles. The minimum absolute atomic E-state index is 0.00881. The van der Waals surface area contributed by atoms with E-state index in [1.54, 1.807) is 42.5 Å². The lowest BCUT2D eigenvalue weighted by molar-refractivity contribution is 0.0975. The number of carbonyl (C=O) groups excluding carboxylic acids is 2. The van der Waals surface area contributed by atoms with Crippen molar-refractivity contribution in [2.75, 3.05) is 0 Å². The Morgan fingerprint density at radius 1 is 0.960 bits per heavy atom. The highest BCUT2D eigenvalue weighted by atomic mass is 32.1. The van der Waals surface area contributed by atoms with Gasteiger partial charge in [-0.15, -0.1) is 0 Å². The fourth-order valence-electron chi connectivity index (χ4n) is 3.46. The summed E-state index contributed by atoms with van der Waals surface area (Å²) in [6.07, 6.45) is 7.20. The maximum atomic E-state index is 13.1. The minimum atomic E-state index is -1.06. The van der Waals surface area contributed by atoms with Gasteiger partial charge in [-0.3, -0.25) is 9.59 Å². The number of fused-ring (bicyclic) bond motifs is 2.